The Morgan fingerprint density at radius 3 is 2.74 bits per heavy atom. The molecule has 0 spiro atoms. The highest BCUT2D eigenvalue weighted by Crippen LogP contribution is 2.31. The van der Waals surface area contributed by atoms with Crippen LogP contribution in [0.1, 0.15) is 46.5 Å². The van der Waals surface area contributed by atoms with Crippen LogP contribution in [0.3, 0.4) is 0 Å². The molecule has 0 aromatic rings. The number of carboxylic acid groups (broad SMARTS) is 1. The molecule has 0 bridgehead atoms. The summed E-state index contributed by atoms with van der Waals surface area (Å²) < 4.78 is 5.65. The van der Waals surface area contributed by atoms with Gasteiger partial charge in [-0.05, 0) is 39.0 Å². The highest BCUT2D eigenvalue weighted by molar-refractivity contribution is 5.74. The first-order valence-electron chi connectivity index (χ1n) is 7.12. The van der Waals surface area contributed by atoms with Crippen LogP contribution in [-0.2, 0) is 9.53 Å². The van der Waals surface area contributed by atoms with Gasteiger partial charge in [0.05, 0.1) is 5.60 Å². The average Bonchev–Trinajstić information content (AvgIpc) is 2.73. The van der Waals surface area contributed by atoms with Crippen LogP contribution in [-0.4, -0.2) is 35.9 Å². The monoisotopic (exact) mass is 269 g/mol. The quantitative estimate of drug-likeness (QED) is 0.697. The Morgan fingerprint density at radius 2 is 2.26 bits per heavy atom. The molecule has 1 saturated heterocycles. The number of carbonyl (C=O) groups is 1. The Kier molecular flexibility index (Phi) is 6.01. The van der Waals surface area contributed by atoms with Crippen molar-refractivity contribution in [3.05, 3.63) is 12.2 Å². The molecule has 0 radical (unpaired) electrons. The molecule has 19 heavy (non-hydrogen) atoms. The van der Waals surface area contributed by atoms with Crippen LogP contribution in [0.25, 0.3) is 0 Å². The average molecular weight is 269 g/mol. The molecule has 0 aromatic carbocycles. The Hall–Kier alpha value is -0.870. The zero-order valence-corrected chi connectivity index (χ0v) is 12.5. The number of aliphatic carboxylic acids is 1. The van der Waals surface area contributed by atoms with Crippen LogP contribution >= 0.6 is 0 Å². The summed E-state index contributed by atoms with van der Waals surface area (Å²) in [6.07, 6.45) is 7.68. The van der Waals surface area contributed by atoms with E-state index in [0.29, 0.717) is 6.42 Å². The van der Waals surface area contributed by atoms with Gasteiger partial charge in [-0.3, -0.25) is 4.79 Å². The predicted octanol–water partition coefficient (Wildman–Crippen LogP) is 2.59. The van der Waals surface area contributed by atoms with E-state index in [0.717, 1.165) is 19.3 Å². The van der Waals surface area contributed by atoms with Crippen LogP contribution < -0.4 is 5.32 Å². The normalized spacial score (nSPS) is 30.6. The second-order valence-corrected chi connectivity index (χ2v) is 5.70. The number of carboxylic acids is 1. The van der Waals surface area contributed by atoms with E-state index in [4.69, 9.17) is 9.84 Å². The topological polar surface area (TPSA) is 58.6 Å². The van der Waals surface area contributed by atoms with E-state index in [9.17, 15) is 4.79 Å². The van der Waals surface area contributed by atoms with Crippen molar-refractivity contribution >= 4 is 5.97 Å². The van der Waals surface area contributed by atoms with Crippen molar-refractivity contribution in [1.29, 1.82) is 0 Å². The maximum Gasteiger partial charge on any atom is 0.320 e. The molecule has 0 amide bonds. The third-order valence-electron chi connectivity index (χ3n) is 4.10. The molecule has 4 atom stereocenters. The van der Waals surface area contributed by atoms with Gasteiger partial charge in [-0.1, -0.05) is 25.5 Å². The van der Waals surface area contributed by atoms with Gasteiger partial charge in [0, 0.05) is 13.2 Å². The number of rotatable bonds is 7. The van der Waals surface area contributed by atoms with Crippen LogP contribution in [0.2, 0.25) is 0 Å². The lowest BCUT2D eigenvalue weighted by atomic mass is 9.86. The first-order valence-corrected chi connectivity index (χ1v) is 7.12. The highest BCUT2D eigenvalue weighted by Gasteiger charge is 2.39. The third kappa shape index (κ3) is 4.32. The lowest BCUT2D eigenvalue weighted by molar-refractivity contribution is -0.139. The molecule has 1 heterocycles. The highest BCUT2D eigenvalue weighted by atomic mass is 16.5. The number of hydrogen-bond donors (Lipinski definition) is 2. The minimum atomic E-state index is -0.758. The van der Waals surface area contributed by atoms with Gasteiger partial charge < -0.3 is 15.2 Å². The van der Waals surface area contributed by atoms with Gasteiger partial charge in [0.25, 0.3) is 0 Å². The van der Waals surface area contributed by atoms with Crippen LogP contribution in [0.15, 0.2) is 12.2 Å². The summed E-state index contributed by atoms with van der Waals surface area (Å²) in [7, 11) is 1.74. The minimum absolute atomic E-state index is 0.175. The summed E-state index contributed by atoms with van der Waals surface area (Å²) in [6.45, 7) is 6.23. The number of allylic oxidation sites excluding steroid dienone is 1. The minimum Gasteiger partial charge on any atom is -0.480 e. The maximum absolute atomic E-state index is 11.1. The zero-order valence-electron chi connectivity index (χ0n) is 12.5. The number of methoxy groups -OCH3 is 1. The Bertz CT molecular complexity index is 329. The molecule has 2 N–H and O–H groups in total. The number of nitrogens with one attached hydrogen (secondary N) is 1. The van der Waals surface area contributed by atoms with Gasteiger partial charge in [0.15, 0.2) is 0 Å². The Labute approximate surface area is 116 Å². The molecule has 1 aliphatic rings. The second kappa shape index (κ2) is 7.06. The molecule has 110 valence electrons. The standard InChI is InChI=1S/C15H27NO3/c1-5-7-11-9-12(14(17)18)16-13(11)10-15(3,19-4)8-6-2/h5,7,11-13,16H,6,8-10H2,1-4H3,(H,17,18)/b7-5-/t11-,12-,13+,15+/m1/s1. The molecule has 1 aliphatic heterocycles. The van der Waals surface area contributed by atoms with Crippen molar-refractivity contribution in [2.45, 2.75) is 64.1 Å². The van der Waals surface area contributed by atoms with Gasteiger partial charge in [0.2, 0.25) is 0 Å². The molecular weight excluding hydrogens is 242 g/mol. The summed E-state index contributed by atoms with van der Waals surface area (Å²) in [4.78, 5) is 11.1. The Morgan fingerprint density at radius 1 is 1.58 bits per heavy atom. The lowest BCUT2D eigenvalue weighted by Gasteiger charge is -2.32. The van der Waals surface area contributed by atoms with Crippen LogP contribution in [0.4, 0.5) is 0 Å². The first-order chi connectivity index (χ1) is 8.95. The van der Waals surface area contributed by atoms with Crippen molar-refractivity contribution in [2.24, 2.45) is 5.92 Å². The fraction of sp³-hybridized carbons (Fsp3) is 0.800. The molecule has 0 saturated carbocycles. The van der Waals surface area contributed by atoms with E-state index in [1.807, 2.05) is 13.0 Å². The van der Waals surface area contributed by atoms with E-state index in [1.165, 1.54) is 0 Å². The van der Waals surface area contributed by atoms with Crippen molar-refractivity contribution in [2.75, 3.05) is 7.11 Å². The molecule has 4 nitrogen and oxygen atoms in total. The SMILES string of the molecule is C/C=C\[C@@H]1C[C@H](C(=O)O)N[C@H]1C[C@](C)(CCC)OC. The molecule has 0 unspecified atom stereocenters. The van der Waals surface area contributed by atoms with Crippen LogP contribution in [0, 0.1) is 5.92 Å². The summed E-state index contributed by atoms with van der Waals surface area (Å²) in [6, 6.07) is -0.261. The van der Waals surface area contributed by atoms with Gasteiger partial charge in [-0.2, -0.15) is 0 Å². The van der Waals surface area contributed by atoms with Crippen molar-refractivity contribution in [3.8, 4) is 0 Å². The fourth-order valence-electron chi connectivity index (χ4n) is 3.01. The van der Waals surface area contributed by atoms with E-state index in [-0.39, 0.29) is 17.6 Å². The number of hydrogen-bond acceptors (Lipinski definition) is 3. The van der Waals surface area contributed by atoms with Crippen molar-refractivity contribution in [3.63, 3.8) is 0 Å². The molecule has 1 rings (SSSR count). The molecule has 0 aliphatic carbocycles. The predicted molar refractivity (Wildman–Crippen MR) is 76.2 cm³/mol. The largest absolute Gasteiger partial charge is 0.480 e. The Balaban J connectivity index is 2.75. The summed E-state index contributed by atoms with van der Waals surface area (Å²) in [5.41, 5.74) is -0.181. The molecule has 1 fully saturated rings. The number of ether oxygens (including phenoxy) is 1. The van der Waals surface area contributed by atoms with Gasteiger partial charge >= 0.3 is 5.97 Å². The summed E-state index contributed by atoms with van der Waals surface area (Å²) >= 11 is 0. The summed E-state index contributed by atoms with van der Waals surface area (Å²) in [5.74, 6) is -0.482. The molecular formula is C15H27NO3. The first kappa shape index (κ1) is 16.2. The molecule has 0 aromatic heterocycles. The third-order valence-corrected chi connectivity index (χ3v) is 4.10. The van der Waals surface area contributed by atoms with Crippen molar-refractivity contribution in [1.82, 2.24) is 5.32 Å². The fourth-order valence-corrected chi connectivity index (χ4v) is 3.01. The van der Waals surface area contributed by atoms with Gasteiger partial charge in [-0.15, -0.1) is 0 Å². The smallest absolute Gasteiger partial charge is 0.320 e. The van der Waals surface area contributed by atoms with E-state index >= 15 is 0 Å². The van der Waals surface area contributed by atoms with Crippen molar-refractivity contribution < 1.29 is 14.6 Å². The van der Waals surface area contributed by atoms with Gasteiger partial charge in [-0.25, -0.2) is 0 Å². The molecule has 4 heteroatoms. The maximum atomic E-state index is 11.1. The second-order valence-electron chi connectivity index (χ2n) is 5.70. The lowest BCUT2D eigenvalue weighted by Crippen LogP contribution is -2.42. The van der Waals surface area contributed by atoms with Gasteiger partial charge in [0.1, 0.15) is 6.04 Å². The summed E-state index contributed by atoms with van der Waals surface area (Å²) in [5, 5.41) is 12.4. The van der Waals surface area contributed by atoms with Crippen LogP contribution in [0.5, 0.6) is 0 Å². The van der Waals surface area contributed by atoms with E-state index in [2.05, 4.69) is 25.2 Å². The van der Waals surface area contributed by atoms with E-state index in [1.54, 1.807) is 7.11 Å². The van der Waals surface area contributed by atoms with E-state index < -0.39 is 12.0 Å². The zero-order chi connectivity index (χ0) is 14.5.